The molecule has 0 aromatic heterocycles. The number of aliphatic hydroxyl groups excluding tert-OH is 1. The topological polar surface area (TPSA) is 83.9 Å². The molecule has 228 valence electrons. The highest BCUT2D eigenvalue weighted by Crippen LogP contribution is 2.72. The van der Waals surface area contributed by atoms with Crippen LogP contribution in [-0.2, 0) is 19.1 Å². The van der Waals surface area contributed by atoms with Gasteiger partial charge in [0.1, 0.15) is 6.17 Å². The lowest BCUT2D eigenvalue weighted by molar-refractivity contribution is -0.213. The summed E-state index contributed by atoms with van der Waals surface area (Å²) in [7, 11) is 1.92. The average molecular weight is 568 g/mol. The molecule has 0 bridgehead atoms. The van der Waals surface area contributed by atoms with Crippen LogP contribution in [0.3, 0.4) is 0 Å². The summed E-state index contributed by atoms with van der Waals surface area (Å²) in [6.45, 7) is 16.8. The first-order valence-electron chi connectivity index (χ1n) is 15.0. The van der Waals surface area contributed by atoms with Gasteiger partial charge in [0.25, 0.3) is 0 Å². The molecule has 3 fully saturated rings. The molecule has 4 aliphatic carbocycles. The standard InChI is InChI=1S/C28H39F2NO5.2C2H6/c1-16(2)31(6)15-27(24(35)14-36-17(3)32)10-8-19-20-12-22(29)21-11-18(33)7-9-25(21,4)28(20,30)23(34)13-26(19,27)5;2*1-2/h7,9,11,16,19-20,22-23,34H,8,10,12-15H2,1-6H3;2*1-2H3/t19?,20-,22-,23-,25-,26-,27-,28-;;/m0../s1. The number of aliphatic hydroxyl groups is 1. The van der Waals surface area contributed by atoms with Crippen molar-refractivity contribution in [2.75, 3.05) is 20.2 Å². The summed E-state index contributed by atoms with van der Waals surface area (Å²) in [6, 6.07) is 0.126. The van der Waals surface area contributed by atoms with Gasteiger partial charge in [0.15, 0.2) is 23.8 Å². The molecule has 0 heterocycles. The van der Waals surface area contributed by atoms with Gasteiger partial charge in [-0.15, -0.1) is 0 Å². The van der Waals surface area contributed by atoms with Crippen molar-refractivity contribution < 1.29 is 33.0 Å². The first-order valence-corrected chi connectivity index (χ1v) is 15.0. The number of hydrogen-bond acceptors (Lipinski definition) is 6. The van der Waals surface area contributed by atoms with E-state index in [-0.39, 0.29) is 48.5 Å². The molecule has 8 heteroatoms. The Morgan fingerprint density at radius 1 is 1.18 bits per heavy atom. The lowest BCUT2D eigenvalue weighted by atomic mass is 9.43. The van der Waals surface area contributed by atoms with Crippen molar-refractivity contribution in [3.05, 3.63) is 23.8 Å². The van der Waals surface area contributed by atoms with Crippen LogP contribution in [0.4, 0.5) is 8.78 Å². The second-order valence-corrected chi connectivity index (χ2v) is 12.2. The fourth-order valence-electron chi connectivity index (χ4n) is 8.04. The number of hydrogen-bond donors (Lipinski definition) is 1. The maximum atomic E-state index is 17.4. The third kappa shape index (κ3) is 5.12. The van der Waals surface area contributed by atoms with Crippen LogP contribution in [0.2, 0.25) is 0 Å². The second-order valence-electron chi connectivity index (χ2n) is 12.2. The summed E-state index contributed by atoms with van der Waals surface area (Å²) in [6.07, 6.45) is 1.70. The summed E-state index contributed by atoms with van der Waals surface area (Å²) in [4.78, 5) is 39.4. The molecule has 0 spiro atoms. The zero-order chi connectivity index (χ0) is 30.8. The van der Waals surface area contributed by atoms with Crippen molar-refractivity contribution in [1.29, 1.82) is 0 Å². The van der Waals surface area contributed by atoms with Crippen molar-refractivity contribution in [2.24, 2.45) is 28.1 Å². The molecular formula is C32H51F2NO5. The zero-order valence-corrected chi connectivity index (χ0v) is 26.1. The molecule has 6 nitrogen and oxygen atoms in total. The van der Waals surface area contributed by atoms with Gasteiger partial charge in [-0.2, -0.15) is 0 Å². The van der Waals surface area contributed by atoms with Crippen LogP contribution in [0.5, 0.6) is 0 Å². The molecule has 4 rings (SSSR count). The molecule has 3 saturated carbocycles. The van der Waals surface area contributed by atoms with Gasteiger partial charge in [0.05, 0.1) is 11.5 Å². The number of ketones is 2. The molecule has 0 aromatic rings. The molecule has 8 atom stereocenters. The Kier molecular flexibility index (Phi) is 10.7. The maximum absolute atomic E-state index is 17.4. The van der Waals surface area contributed by atoms with E-state index in [4.69, 9.17) is 4.74 Å². The van der Waals surface area contributed by atoms with E-state index in [0.717, 1.165) is 0 Å². The van der Waals surface area contributed by atoms with Gasteiger partial charge >= 0.3 is 5.97 Å². The normalized spacial score (nSPS) is 39.6. The minimum absolute atomic E-state index is 0.0179. The lowest BCUT2D eigenvalue weighted by Gasteiger charge is -2.63. The Morgan fingerprint density at radius 3 is 2.33 bits per heavy atom. The van der Waals surface area contributed by atoms with Gasteiger partial charge < -0.3 is 14.7 Å². The first-order chi connectivity index (χ1) is 18.6. The number of ether oxygens (including phenoxy) is 1. The van der Waals surface area contributed by atoms with Crippen molar-refractivity contribution in [3.63, 3.8) is 0 Å². The van der Waals surface area contributed by atoms with Crippen LogP contribution in [0.15, 0.2) is 23.8 Å². The number of esters is 1. The smallest absolute Gasteiger partial charge is 0.303 e. The SMILES string of the molecule is CC.CC.CC(=O)OCC(=O)[C@@]1(CN(C)C(C)C)CCC2[C@@H]3C[C@H](F)C4=CC(=O)C=C[C@]4(C)[C@@]3(F)[C@@H](O)C[C@@]21C. The van der Waals surface area contributed by atoms with Crippen LogP contribution in [0.1, 0.15) is 88.0 Å². The number of alkyl halides is 2. The number of Topliss-reactive ketones (excluding diaryl/α,β-unsaturated/α-hetero) is 1. The molecule has 0 aromatic carbocycles. The van der Waals surface area contributed by atoms with Crippen molar-refractivity contribution in [2.45, 2.75) is 112 Å². The minimum atomic E-state index is -2.18. The van der Waals surface area contributed by atoms with E-state index in [9.17, 15) is 19.5 Å². The van der Waals surface area contributed by atoms with Crippen LogP contribution < -0.4 is 0 Å². The predicted molar refractivity (Wildman–Crippen MR) is 153 cm³/mol. The molecular weight excluding hydrogens is 516 g/mol. The van der Waals surface area contributed by atoms with Gasteiger partial charge in [-0.1, -0.05) is 40.7 Å². The summed E-state index contributed by atoms with van der Waals surface area (Å²) in [5, 5.41) is 11.6. The highest BCUT2D eigenvalue weighted by molar-refractivity contribution is 6.01. The number of nitrogens with zero attached hydrogens (tertiary/aromatic N) is 1. The van der Waals surface area contributed by atoms with E-state index in [1.54, 1.807) is 6.92 Å². The van der Waals surface area contributed by atoms with E-state index in [1.165, 1.54) is 25.2 Å². The highest BCUT2D eigenvalue weighted by Gasteiger charge is 2.75. The van der Waals surface area contributed by atoms with Crippen molar-refractivity contribution in [3.8, 4) is 0 Å². The Morgan fingerprint density at radius 2 is 1.77 bits per heavy atom. The number of carbonyl (C=O) groups is 3. The number of fused-ring (bicyclic) bond motifs is 5. The zero-order valence-electron chi connectivity index (χ0n) is 26.1. The molecule has 1 unspecified atom stereocenters. The maximum Gasteiger partial charge on any atom is 0.303 e. The predicted octanol–water partition coefficient (Wildman–Crippen LogP) is 5.82. The highest BCUT2D eigenvalue weighted by atomic mass is 19.1. The van der Waals surface area contributed by atoms with E-state index >= 15 is 8.78 Å². The summed E-state index contributed by atoms with van der Waals surface area (Å²) in [5.74, 6) is -2.38. The van der Waals surface area contributed by atoms with Crippen LogP contribution in [0, 0.1) is 28.1 Å². The summed E-state index contributed by atoms with van der Waals surface area (Å²) < 4.78 is 38.1. The number of halogens is 2. The van der Waals surface area contributed by atoms with Crippen molar-refractivity contribution in [1.82, 2.24) is 4.90 Å². The van der Waals surface area contributed by atoms with Crippen LogP contribution in [-0.4, -0.2) is 71.7 Å². The fourth-order valence-corrected chi connectivity index (χ4v) is 8.04. The fraction of sp³-hybridized carbons (Fsp3) is 0.781. The van der Waals surface area contributed by atoms with Gasteiger partial charge in [0, 0.05) is 30.8 Å². The molecule has 0 saturated heterocycles. The Hall–Kier alpha value is -1.93. The number of rotatable bonds is 6. The van der Waals surface area contributed by atoms with Crippen LogP contribution in [0.25, 0.3) is 0 Å². The summed E-state index contributed by atoms with van der Waals surface area (Å²) in [5.41, 5.74) is -5.37. The summed E-state index contributed by atoms with van der Waals surface area (Å²) >= 11 is 0. The molecule has 4 aliphatic rings. The van der Waals surface area contributed by atoms with Crippen LogP contribution >= 0.6 is 0 Å². The average Bonchev–Trinajstić information content (AvgIpc) is 3.20. The molecule has 40 heavy (non-hydrogen) atoms. The first kappa shape index (κ1) is 34.3. The Bertz CT molecular complexity index is 1030. The third-order valence-corrected chi connectivity index (χ3v) is 10.3. The van der Waals surface area contributed by atoms with E-state index in [2.05, 4.69) is 4.90 Å². The molecule has 0 aliphatic heterocycles. The number of carbonyl (C=O) groups excluding carboxylic acids is 3. The van der Waals surface area contributed by atoms with Gasteiger partial charge in [0.2, 0.25) is 0 Å². The molecule has 0 amide bonds. The third-order valence-electron chi connectivity index (χ3n) is 10.3. The lowest BCUT2D eigenvalue weighted by Crippen LogP contribution is -2.70. The Balaban J connectivity index is 0.00000134. The minimum Gasteiger partial charge on any atom is -0.458 e. The quantitative estimate of drug-likeness (QED) is 0.408. The molecule has 1 N–H and O–H groups in total. The largest absolute Gasteiger partial charge is 0.458 e. The van der Waals surface area contributed by atoms with E-state index in [1.807, 2.05) is 55.5 Å². The van der Waals surface area contributed by atoms with Gasteiger partial charge in [-0.3, -0.25) is 14.4 Å². The molecule has 0 radical (unpaired) electrons. The second kappa shape index (κ2) is 12.5. The van der Waals surface area contributed by atoms with Gasteiger partial charge in [-0.05, 0) is 82.6 Å². The van der Waals surface area contributed by atoms with E-state index < -0.39 is 46.1 Å². The monoisotopic (exact) mass is 567 g/mol. The Labute approximate surface area is 239 Å². The van der Waals surface area contributed by atoms with Crippen molar-refractivity contribution >= 4 is 17.5 Å². The number of allylic oxidation sites excluding steroid dienone is 4. The van der Waals surface area contributed by atoms with Gasteiger partial charge in [-0.25, -0.2) is 8.78 Å². The van der Waals surface area contributed by atoms with E-state index in [0.29, 0.717) is 19.4 Å².